The molecule has 0 unspecified atom stereocenters. The molecule has 6 heteroatoms. The summed E-state index contributed by atoms with van der Waals surface area (Å²) in [6, 6.07) is 6.75. The van der Waals surface area contributed by atoms with Gasteiger partial charge in [0.1, 0.15) is 5.82 Å². The van der Waals surface area contributed by atoms with E-state index in [2.05, 4.69) is 15.3 Å². The number of nitro groups is 1. The highest BCUT2D eigenvalue weighted by molar-refractivity contribution is 5.39. The van der Waals surface area contributed by atoms with Crippen molar-refractivity contribution in [2.75, 3.05) is 6.54 Å². The molecular weight excluding hydrogens is 232 g/mol. The molecule has 0 fully saturated rings. The highest BCUT2D eigenvalue weighted by Crippen LogP contribution is 2.16. The summed E-state index contributed by atoms with van der Waals surface area (Å²) in [6.07, 6.45) is 4.25. The van der Waals surface area contributed by atoms with E-state index in [1.54, 1.807) is 30.6 Å². The quantitative estimate of drug-likeness (QED) is 0.461. The molecule has 1 aromatic heterocycles. The van der Waals surface area contributed by atoms with Crippen molar-refractivity contribution in [3.8, 4) is 0 Å². The minimum Gasteiger partial charge on any atom is -0.349 e. The van der Waals surface area contributed by atoms with Crippen molar-refractivity contribution in [1.29, 1.82) is 0 Å². The molecule has 0 aliphatic carbocycles. The number of H-pyrrole nitrogens is 1. The maximum Gasteiger partial charge on any atom is 0.273 e. The van der Waals surface area contributed by atoms with E-state index < -0.39 is 0 Å². The zero-order chi connectivity index (χ0) is 12.8. The van der Waals surface area contributed by atoms with Gasteiger partial charge in [-0.25, -0.2) is 4.98 Å². The van der Waals surface area contributed by atoms with Crippen molar-refractivity contribution >= 4 is 5.69 Å². The van der Waals surface area contributed by atoms with E-state index in [1.807, 2.05) is 0 Å². The number of hydrogen-bond acceptors (Lipinski definition) is 4. The van der Waals surface area contributed by atoms with Gasteiger partial charge in [0.25, 0.3) is 5.69 Å². The normalized spacial score (nSPS) is 10.4. The predicted molar refractivity (Wildman–Crippen MR) is 67.1 cm³/mol. The molecule has 0 radical (unpaired) electrons. The molecule has 1 heterocycles. The molecule has 0 aliphatic heterocycles. The maximum absolute atomic E-state index is 10.8. The maximum atomic E-state index is 10.8. The Labute approximate surface area is 104 Å². The second-order valence-corrected chi connectivity index (χ2v) is 3.85. The highest BCUT2D eigenvalue weighted by Gasteiger charge is 2.11. The Balaban J connectivity index is 1.85. The SMILES string of the molecule is O=[N+]([O-])c1ccccc1CNCCc1ncc[nH]1. The fourth-order valence-electron chi connectivity index (χ4n) is 1.70. The molecule has 2 aromatic rings. The number of aromatic amines is 1. The van der Waals surface area contributed by atoms with Crippen LogP contribution in [0.5, 0.6) is 0 Å². The molecule has 0 saturated carbocycles. The van der Waals surface area contributed by atoms with Crippen molar-refractivity contribution in [2.45, 2.75) is 13.0 Å². The first-order valence-electron chi connectivity index (χ1n) is 5.68. The van der Waals surface area contributed by atoms with Crippen LogP contribution >= 0.6 is 0 Å². The van der Waals surface area contributed by atoms with Gasteiger partial charge in [-0.1, -0.05) is 18.2 Å². The average molecular weight is 246 g/mol. The number of para-hydroxylation sites is 1. The highest BCUT2D eigenvalue weighted by atomic mass is 16.6. The standard InChI is InChI=1S/C12H14N4O2/c17-16(18)11-4-2-1-3-10(11)9-13-6-5-12-14-7-8-15-12/h1-4,7-8,13H,5-6,9H2,(H,14,15). The van der Waals surface area contributed by atoms with Gasteiger partial charge in [0.15, 0.2) is 0 Å². The molecule has 18 heavy (non-hydrogen) atoms. The van der Waals surface area contributed by atoms with Crippen LogP contribution in [0.25, 0.3) is 0 Å². The van der Waals surface area contributed by atoms with Crippen LogP contribution in [0, 0.1) is 10.1 Å². The second kappa shape index (κ2) is 5.92. The molecule has 0 aliphatic rings. The molecule has 6 nitrogen and oxygen atoms in total. The number of nitro benzene ring substituents is 1. The van der Waals surface area contributed by atoms with Gasteiger partial charge in [0.05, 0.1) is 4.92 Å². The van der Waals surface area contributed by atoms with Gasteiger partial charge in [0.2, 0.25) is 0 Å². The molecule has 0 bridgehead atoms. The Morgan fingerprint density at radius 2 is 2.22 bits per heavy atom. The van der Waals surface area contributed by atoms with Crippen molar-refractivity contribution in [1.82, 2.24) is 15.3 Å². The van der Waals surface area contributed by atoms with Crippen molar-refractivity contribution < 1.29 is 4.92 Å². The Morgan fingerprint density at radius 1 is 1.39 bits per heavy atom. The molecular formula is C12H14N4O2. The monoisotopic (exact) mass is 246 g/mol. The van der Waals surface area contributed by atoms with Crippen LogP contribution in [0.3, 0.4) is 0 Å². The van der Waals surface area contributed by atoms with Gasteiger partial charge in [-0.05, 0) is 0 Å². The summed E-state index contributed by atoms with van der Waals surface area (Å²) in [5.41, 5.74) is 0.852. The summed E-state index contributed by atoms with van der Waals surface area (Å²) in [5.74, 6) is 0.907. The van der Waals surface area contributed by atoms with Crippen LogP contribution in [0.1, 0.15) is 11.4 Å². The summed E-state index contributed by atoms with van der Waals surface area (Å²) < 4.78 is 0. The van der Waals surface area contributed by atoms with Gasteiger partial charge in [-0.2, -0.15) is 0 Å². The zero-order valence-corrected chi connectivity index (χ0v) is 9.80. The van der Waals surface area contributed by atoms with Crippen LogP contribution in [0.15, 0.2) is 36.7 Å². The third-order valence-corrected chi connectivity index (χ3v) is 2.60. The van der Waals surface area contributed by atoms with Crippen LogP contribution in [0.2, 0.25) is 0 Å². The third-order valence-electron chi connectivity index (χ3n) is 2.60. The predicted octanol–water partition coefficient (Wildman–Crippen LogP) is 1.65. The number of hydrogen-bond donors (Lipinski definition) is 2. The molecule has 2 rings (SSSR count). The summed E-state index contributed by atoms with van der Waals surface area (Å²) in [4.78, 5) is 17.6. The number of imidazole rings is 1. The molecule has 0 saturated heterocycles. The van der Waals surface area contributed by atoms with Gasteiger partial charge >= 0.3 is 0 Å². The molecule has 2 N–H and O–H groups in total. The fourth-order valence-corrected chi connectivity index (χ4v) is 1.70. The third kappa shape index (κ3) is 3.14. The Kier molecular flexibility index (Phi) is 4.03. The first-order chi connectivity index (χ1) is 8.77. The number of aromatic nitrogens is 2. The molecule has 0 amide bonds. The number of rotatable bonds is 6. The summed E-state index contributed by atoms with van der Waals surface area (Å²) in [5, 5.41) is 14.0. The van der Waals surface area contributed by atoms with Crippen LogP contribution in [-0.2, 0) is 13.0 Å². The summed E-state index contributed by atoms with van der Waals surface area (Å²) >= 11 is 0. The lowest BCUT2D eigenvalue weighted by molar-refractivity contribution is -0.385. The Hall–Kier alpha value is -2.21. The lowest BCUT2D eigenvalue weighted by atomic mass is 10.2. The van der Waals surface area contributed by atoms with E-state index in [1.165, 1.54) is 6.07 Å². The zero-order valence-electron chi connectivity index (χ0n) is 9.80. The molecule has 1 aromatic carbocycles. The van der Waals surface area contributed by atoms with Crippen molar-refractivity contribution in [3.05, 3.63) is 58.2 Å². The minimum absolute atomic E-state index is 0.156. The van der Waals surface area contributed by atoms with Crippen LogP contribution in [0.4, 0.5) is 5.69 Å². The molecule has 0 spiro atoms. The van der Waals surface area contributed by atoms with Gasteiger partial charge in [-0.15, -0.1) is 0 Å². The number of nitrogens with zero attached hydrogens (tertiary/aromatic N) is 2. The summed E-state index contributed by atoms with van der Waals surface area (Å²) in [6.45, 7) is 1.21. The van der Waals surface area contributed by atoms with Gasteiger partial charge < -0.3 is 10.3 Å². The van der Waals surface area contributed by atoms with Crippen LogP contribution in [-0.4, -0.2) is 21.4 Å². The lowest BCUT2D eigenvalue weighted by Crippen LogP contribution is -2.17. The topological polar surface area (TPSA) is 83.8 Å². The van der Waals surface area contributed by atoms with E-state index >= 15 is 0 Å². The van der Waals surface area contributed by atoms with E-state index in [0.29, 0.717) is 12.1 Å². The van der Waals surface area contributed by atoms with Gasteiger partial charge in [0, 0.05) is 43.5 Å². The Morgan fingerprint density at radius 3 is 2.94 bits per heavy atom. The first kappa shape index (κ1) is 12.3. The van der Waals surface area contributed by atoms with E-state index in [0.717, 1.165) is 18.8 Å². The largest absolute Gasteiger partial charge is 0.349 e. The molecule has 94 valence electrons. The van der Waals surface area contributed by atoms with Crippen molar-refractivity contribution in [2.24, 2.45) is 0 Å². The van der Waals surface area contributed by atoms with Crippen molar-refractivity contribution in [3.63, 3.8) is 0 Å². The van der Waals surface area contributed by atoms with Gasteiger partial charge in [-0.3, -0.25) is 10.1 Å². The Bertz CT molecular complexity index is 511. The van der Waals surface area contributed by atoms with Crippen LogP contribution < -0.4 is 5.32 Å². The smallest absolute Gasteiger partial charge is 0.273 e. The van der Waals surface area contributed by atoms with E-state index in [9.17, 15) is 10.1 Å². The number of benzene rings is 1. The second-order valence-electron chi connectivity index (χ2n) is 3.85. The van der Waals surface area contributed by atoms with E-state index in [4.69, 9.17) is 0 Å². The first-order valence-corrected chi connectivity index (χ1v) is 5.68. The average Bonchev–Trinajstić information content (AvgIpc) is 2.88. The van der Waals surface area contributed by atoms with E-state index in [-0.39, 0.29) is 10.6 Å². The fraction of sp³-hybridized carbons (Fsp3) is 0.250. The molecule has 0 atom stereocenters. The number of nitrogens with one attached hydrogen (secondary N) is 2. The lowest BCUT2D eigenvalue weighted by Gasteiger charge is -2.04. The minimum atomic E-state index is -0.358. The summed E-state index contributed by atoms with van der Waals surface area (Å²) in [7, 11) is 0.